The van der Waals surface area contributed by atoms with Crippen LogP contribution in [-0.2, 0) is 19.7 Å². The molecule has 0 spiro atoms. The van der Waals surface area contributed by atoms with Crippen molar-refractivity contribution in [3.8, 4) is 0 Å². The first-order valence-corrected chi connectivity index (χ1v) is 9.50. The molecule has 8 heteroatoms. The standard InChI is InChI=1S/C12H17NO4S2.ClH/c1-18(14,15)10-2-4-11(5-3-10)19(16,17)12-6-8-13-9-7-12;/h2-5,12-13H,6-9H2,1H3;1H. The molecule has 5 nitrogen and oxygen atoms in total. The lowest BCUT2D eigenvalue weighted by Crippen LogP contribution is -2.35. The molecule has 2 rings (SSSR count). The Balaban J connectivity index is 0.00000200. The van der Waals surface area contributed by atoms with E-state index in [2.05, 4.69) is 5.32 Å². The predicted octanol–water partition coefficient (Wildman–Crippen LogP) is 1.04. The Labute approximate surface area is 126 Å². The van der Waals surface area contributed by atoms with E-state index < -0.39 is 19.7 Å². The van der Waals surface area contributed by atoms with Crippen LogP contribution in [0.3, 0.4) is 0 Å². The molecular formula is C12H18ClNO4S2. The minimum atomic E-state index is -3.36. The summed E-state index contributed by atoms with van der Waals surface area (Å²) in [5.74, 6) is 0. The fourth-order valence-electron chi connectivity index (χ4n) is 2.17. The van der Waals surface area contributed by atoms with E-state index in [1.807, 2.05) is 0 Å². The van der Waals surface area contributed by atoms with Gasteiger partial charge in [0.05, 0.1) is 15.0 Å². The summed E-state index contributed by atoms with van der Waals surface area (Å²) >= 11 is 0. The number of hydrogen-bond acceptors (Lipinski definition) is 5. The van der Waals surface area contributed by atoms with Crippen LogP contribution in [0.1, 0.15) is 12.8 Å². The first-order chi connectivity index (χ1) is 8.82. The molecule has 114 valence electrons. The first kappa shape index (κ1) is 17.4. The Bertz CT molecular complexity index is 647. The fraction of sp³-hybridized carbons (Fsp3) is 0.500. The second-order valence-corrected chi connectivity index (χ2v) is 8.98. The van der Waals surface area contributed by atoms with Gasteiger partial charge in [-0.2, -0.15) is 0 Å². The summed E-state index contributed by atoms with van der Waals surface area (Å²) in [7, 11) is -6.65. The van der Waals surface area contributed by atoms with Crippen LogP contribution >= 0.6 is 12.4 Å². The van der Waals surface area contributed by atoms with Gasteiger partial charge in [-0.25, -0.2) is 16.8 Å². The summed E-state index contributed by atoms with van der Waals surface area (Å²) in [6.45, 7) is 1.40. The highest BCUT2D eigenvalue weighted by molar-refractivity contribution is 7.92. The van der Waals surface area contributed by atoms with Gasteiger partial charge in [0, 0.05) is 6.26 Å². The average Bonchev–Trinajstić information content (AvgIpc) is 2.39. The molecule has 0 unspecified atom stereocenters. The average molecular weight is 340 g/mol. The maximum atomic E-state index is 12.4. The van der Waals surface area contributed by atoms with E-state index in [9.17, 15) is 16.8 Å². The Hall–Kier alpha value is -0.630. The second-order valence-electron chi connectivity index (χ2n) is 4.74. The summed E-state index contributed by atoms with van der Waals surface area (Å²) in [6.07, 6.45) is 2.29. The van der Waals surface area contributed by atoms with Crippen molar-refractivity contribution < 1.29 is 16.8 Å². The van der Waals surface area contributed by atoms with E-state index in [-0.39, 0.29) is 27.4 Å². The minimum absolute atomic E-state index is 0. The lowest BCUT2D eigenvalue weighted by molar-refractivity contribution is 0.496. The number of nitrogens with one attached hydrogen (secondary N) is 1. The highest BCUT2D eigenvalue weighted by Crippen LogP contribution is 2.23. The summed E-state index contributed by atoms with van der Waals surface area (Å²) in [5.41, 5.74) is 0. The Morgan fingerprint density at radius 3 is 1.85 bits per heavy atom. The highest BCUT2D eigenvalue weighted by atomic mass is 35.5. The number of hydrogen-bond donors (Lipinski definition) is 1. The zero-order valence-electron chi connectivity index (χ0n) is 11.1. The van der Waals surface area contributed by atoms with Crippen molar-refractivity contribution in [3.05, 3.63) is 24.3 Å². The molecule has 0 saturated carbocycles. The van der Waals surface area contributed by atoms with Crippen LogP contribution in [-0.4, -0.2) is 41.4 Å². The monoisotopic (exact) mass is 339 g/mol. The maximum absolute atomic E-state index is 12.4. The van der Waals surface area contributed by atoms with Crippen LogP contribution in [0, 0.1) is 0 Å². The van der Waals surface area contributed by atoms with Crippen LogP contribution in [0.2, 0.25) is 0 Å². The molecular weight excluding hydrogens is 322 g/mol. The zero-order valence-corrected chi connectivity index (χ0v) is 13.5. The third-order valence-corrected chi connectivity index (χ3v) is 6.71. The van der Waals surface area contributed by atoms with Gasteiger partial charge in [-0.15, -0.1) is 12.4 Å². The molecule has 0 radical (unpaired) electrons. The van der Waals surface area contributed by atoms with Gasteiger partial charge >= 0.3 is 0 Å². The second kappa shape index (κ2) is 6.43. The highest BCUT2D eigenvalue weighted by Gasteiger charge is 2.28. The van der Waals surface area contributed by atoms with E-state index >= 15 is 0 Å². The molecule has 0 amide bonds. The van der Waals surface area contributed by atoms with E-state index in [4.69, 9.17) is 0 Å². The molecule has 1 aromatic rings. The molecule has 1 aliphatic rings. The van der Waals surface area contributed by atoms with E-state index in [0.717, 1.165) is 6.26 Å². The van der Waals surface area contributed by atoms with Gasteiger partial charge in [0.1, 0.15) is 0 Å². The Morgan fingerprint density at radius 2 is 1.40 bits per heavy atom. The van der Waals surface area contributed by atoms with Crippen molar-refractivity contribution in [1.82, 2.24) is 5.32 Å². The van der Waals surface area contributed by atoms with Crippen molar-refractivity contribution in [3.63, 3.8) is 0 Å². The van der Waals surface area contributed by atoms with Gasteiger partial charge in [-0.1, -0.05) is 0 Å². The van der Waals surface area contributed by atoms with Crippen LogP contribution in [0.4, 0.5) is 0 Å². The Morgan fingerprint density at radius 1 is 0.950 bits per heavy atom. The van der Waals surface area contributed by atoms with Crippen LogP contribution in [0.15, 0.2) is 34.1 Å². The summed E-state index contributed by atoms with van der Waals surface area (Å²) in [6, 6.07) is 5.47. The van der Waals surface area contributed by atoms with Gasteiger partial charge in [0.25, 0.3) is 0 Å². The molecule has 0 atom stereocenters. The molecule has 1 saturated heterocycles. The molecule has 1 fully saturated rings. The van der Waals surface area contributed by atoms with Crippen molar-refractivity contribution in [1.29, 1.82) is 0 Å². The molecule has 0 bridgehead atoms. The summed E-state index contributed by atoms with van der Waals surface area (Å²) in [5, 5.41) is 2.75. The van der Waals surface area contributed by atoms with Gasteiger partial charge in [0.2, 0.25) is 0 Å². The third-order valence-electron chi connectivity index (χ3n) is 3.31. The first-order valence-electron chi connectivity index (χ1n) is 6.06. The SMILES string of the molecule is CS(=O)(=O)c1ccc(S(=O)(=O)C2CCNCC2)cc1.Cl. The van der Waals surface area contributed by atoms with E-state index in [1.165, 1.54) is 24.3 Å². The summed E-state index contributed by atoms with van der Waals surface area (Å²) < 4.78 is 47.4. The topological polar surface area (TPSA) is 80.3 Å². The minimum Gasteiger partial charge on any atom is -0.317 e. The normalized spacial score (nSPS) is 17.4. The molecule has 1 N–H and O–H groups in total. The number of benzene rings is 1. The predicted molar refractivity (Wildman–Crippen MR) is 79.9 cm³/mol. The van der Waals surface area contributed by atoms with E-state index in [1.54, 1.807) is 0 Å². The fourth-order valence-corrected chi connectivity index (χ4v) is 4.56. The molecule has 1 heterocycles. The lowest BCUT2D eigenvalue weighted by atomic mass is 10.2. The van der Waals surface area contributed by atoms with Crippen molar-refractivity contribution >= 4 is 32.1 Å². The van der Waals surface area contributed by atoms with Gasteiger partial charge < -0.3 is 5.32 Å². The molecule has 1 aliphatic heterocycles. The van der Waals surface area contributed by atoms with E-state index in [0.29, 0.717) is 25.9 Å². The largest absolute Gasteiger partial charge is 0.317 e. The Kier molecular flexibility index (Phi) is 5.60. The van der Waals surface area contributed by atoms with Gasteiger partial charge in [-0.05, 0) is 50.2 Å². The van der Waals surface area contributed by atoms with Gasteiger partial charge in [-0.3, -0.25) is 0 Å². The summed E-state index contributed by atoms with van der Waals surface area (Å²) in [4.78, 5) is 0.337. The zero-order chi connectivity index (χ0) is 14.1. The number of piperidine rings is 1. The van der Waals surface area contributed by atoms with Crippen LogP contribution in [0.25, 0.3) is 0 Å². The van der Waals surface area contributed by atoms with Crippen molar-refractivity contribution in [2.45, 2.75) is 27.9 Å². The lowest BCUT2D eigenvalue weighted by Gasteiger charge is -2.22. The third kappa shape index (κ3) is 3.72. The maximum Gasteiger partial charge on any atom is 0.181 e. The number of sulfone groups is 2. The molecule has 20 heavy (non-hydrogen) atoms. The smallest absolute Gasteiger partial charge is 0.181 e. The van der Waals surface area contributed by atoms with Gasteiger partial charge in [0.15, 0.2) is 19.7 Å². The van der Waals surface area contributed by atoms with Crippen molar-refractivity contribution in [2.24, 2.45) is 0 Å². The van der Waals surface area contributed by atoms with Crippen molar-refractivity contribution in [2.75, 3.05) is 19.3 Å². The van der Waals surface area contributed by atoms with Crippen LogP contribution in [0.5, 0.6) is 0 Å². The number of halogens is 1. The molecule has 1 aromatic carbocycles. The number of rotatable bonds is 3. The quantitative estimate of drug-likeness (QED) is 0.890. The molecule has 0 aliphatic carbocycles. The van der Waals surface area contributed by atoms with Crippen LogP contribution < -0.4 is 5.32 Å². The molecule has 0 aromatic heterocycles.